The average molecular weight is 362 g/mol. The maximum absolute atomic E-state index is 12.1. The van der Waals surface area contributed by atoms with Crippen LogP contribution in [-0.2, 0) is 19.1 Å². The van der Waals surface area contributed by atoms with Gasteiger partial charge in [0.25, 0.3) is 0 Å². The van der Waals surface area contributed by atoms with E-state index in [1.54, 1.807) is 39.2 Å². The molecule has 0 saturated heterocycles. The second kappa shape index (κ2) is 8.74. The van der Waals surface area contributed by atoms with Gasteiger partial charge in [0, 0.05) is 5.41 Å². The third-order valence-electron chi connectivity index (χ3n) is 4.17. The minimum absolute atomic E-state index is 0.154. The highest BCUT2D eigenvalue weighted by atomic mass is 16.6. The van der Waals surface area contributed by atoms with E-state index in [1.807, 2.05) is 0 Å². The molecular weight excluding hydrogens is 336 g/mol. The molecule has 26 heavy (non-hydrogen) atoms. The van der Waals surface area contributed by atoms with Gasteiger partial charge in [0.05, 0.1) is 26.9 Å². The molecule has 0 unspecified atom stereocenters. The van der Waals surface area contributed by atoms with Gasteiger partial charge in [0.2, 0.25) is 0 Å². The summed E-state index contributed by atoms with van der Waals surface area (Å²) in [6.07, 6.45) is 3.73. The molecule has 6 nitrogen and oxygen atoms in total. The SMILES string of the molecule is CCOC(=O)C(=Cc1ccc(OC)c(OCC2(C)CC2)c1)C(=O)OCC. The Labute approximate surface area is 154 Å². The van der Waals surface area contributed by atoms with Gasteiger partial charge in [0.15, 0.2) is 11.5 Å². The molecule has 2 rings (SSSR count). The van der Waals surface area contributed by atoms with Gasteiger partial charge in [-0.2, -0.15) is 0 Å². The first-order valence-electron chi connectivity index (χ1n) is 8.79. The van der Waals surface area contributed by atoms with E-state index in [0.29, 0.717) is 23.7 Å². The van der Waals surface area contributed by atoms with Crippen LogP contribution < -0.4 is 9.47 Å². The van der Waals surface area contributed by atoms with Gasteiger partial charge < -0.3 is 18.9 Å². The third kappa shape index (κ3) is 5.25. The van der Waals surface area contributed by atoms with E-state index < -0.39 is 11.9 Å². The Hall–Kier alpha value is -2.50. The fraction of sp³-hybridized carbons (Fsp3) is 0.500. The molecule has 0 aromatic heterocycles. The quantitative estimate of drug-likeness (QED) is 0.290. The number of benzene rings is 1. The van der Waals surface area contributed by atoms with Gasteiger partial charge in [-0.15, -0.1) is 0 Å². The summed E-state index contributed by atoms with van der Waals surface area (Å²) in [6, 6.07) is 5.22. The summed E-state index contributed by atoms with van der Waals surface area (Å²) in [5, 5.41) is 0. The van der Waals surface area contributed by atoms with E-state index in [2.05, 4.69) is 6.92 Å². The van der Waals surface area contributed by atoms with Crippen molar-refractivity contribution in [1.82, 2.24) is 0 Å². The molecule has 0 radical (unpaired) electrons. The summed E-state index contributed by atoms with van der Waals surface area (Å²) in [5.74, 6) is -0.258. The van der Waals surface area contributed by atoms with Crippen LogP contribution in [-0.4, -0.2) is 38.9 Å². The Bertz CT molecular complexity index is 668. The van der Waals surface area contributed by atoms with E-state index in [1.165, 1.54) is 6.08 Å². The highest BCUT2D eigenvalue weighted by Gasteiger charge is 2.38. The maximum Gasteiger partial charge on any atom is 0.345 e. The number of carbonyl (C=O) groups excluding carboxylic acids is 2. The molecule has 0 spiro atoms. The molecule has 142 valence electrons. The molecule has 1 aromatic rings. The van der Waals surface area contributed by atoms with Crippen molar-refractivity contribution >= 4 is 18.0 Å². The molecule has 1 fully saturated rings. The van der Waals surface area contributed by atoms with Crippen molar-refractivity contribution in [2.75, 3.05) is 26.9 Å². The zero-order chi connectivity index (χ0) is 19.2. The summed E-state index contributed by atoms with van der Waals surface area (Å²) in [7, 11) is 1.57. The number of hydrogen-bond acceptors (Lipinski definition) is 6. The van der Waals surface area contributed by atoms with E-state index in [-0.39, 0.29) is 24.2 Å². The molecule has 0 aliphatic heterocycles. The maximum atomic E-state index is 12.1. The normalized spacial score (nSPS) is 14.2. The zero-order valence-corrected chi connectivity index (χ0v) is 15.8. The van der Waals surface area contributed by atoms with Gasteiger partial charge in [-0.25, -0.2) is 9.59 Å². The van der Waals surface area contributed by atoms with E-state index in [0.717, 1.165) is 12.8 Å². The van der Waals surface area contributed by atoms with Gasteiger partial charge in [0.1, 0.15) is 5.57 Å². The Balaban J connectivity index is 2.29. The molecular formula is C20H26O6. The highest BCUT2D eigenvalue weighted by Crippen LogP contribution is 2.45. The largest absolute Gasteiger partial charge is 0.493 e. The average Bonchev–Trinajstić information content (AvgIpc) is 3.36. The number of methoxy groups -OCH3 is 1. The third-order valence-corrected chi connectivity index (χ3v) is 4.17. The fourth-order valence-corrected chi connectivity index (χ4v) is 2.29. The predicted molar refractivity (Wildman–Crippen MR) is 97.1 cm³/mol. The van der Waals surface area contributed by atoms with Crippen molar-refractivity contribution < 1.29 is 28.5 Å². The Kier molecular flexibility index (Phi) is 6.66. The predicted octanol–water partition coefficient (Wildman–Crippen LogP) is 3.38. The van der Waals surface area contributed by atoms with Crippen LogP contribution in [0.4, 0.5) is 0 Å². The molecule has 0 N–H and O–H groups in total. The van der Waals surface area contributed by atoms with Crippen LogP contribution in [0.3, 0.4) is 0 Å². The summed E-state index contributed by atoms with van der Waals surface area (Å²) in [4.78, 5) is 24.2. The number of ether oxygens (including phenoxy) is 4. The first-order valence-corrected chi connectivity index (χ1v) is 8.79. The first kappa shape index (κ1) is 19.8. The van der Waals surface area contributed by atoms with E-state index in [4.69, 9.17) is 18.9 Å². The van der Waals surface area contributed by atoms with Gasteiger partial charge in [-0.3, -0.25) is 0 Å². The first-order chi connectivity index (χ1) is 12.4. The molecule has 0 amide bonds. The monoisotopic (exact) mass is 362 g/mol. The molecule has 1 aliphatic carbocycles. The van der Waals surface area contributed by atoms with Crippen molar-refractivity contribution in [3.05, 3.63) is 29.3 Å². The standard InChI is InChI=1S/C20H26O6/c1-5-24-18(21)15(19(22)25-6-2)11-14-7-8-16(23-4)17(12-14)26-13-20(3)9-10-20/h7-8,11-12H,5-6,9-10,13H2,1-4H3. The lowest BCUT2D eigenvalue weighted by molar-refractivity contribution is -0.146. The fourth-order valence-electron chi connectivity index (χ4n) is 2.29. The Morgan fingerprint density at radius 2 is 1.69 bits per heavy atom. The second-order valence-corrected chi connectivity index (χ2v) is 6.51. The molecule has 0 bridgehead atoms. The molecule has 6 heteroatoms. The topological polar surface area (TPSA) is 71.1 Å². The molecule has 0 heterocycles. The van der Waals surface area contributed by atoms with Crippen LogP contribution in [0.5, 0.6) is 11.5 Å². The van der Waals surface area contributed by atoms with Crippen LogP contribution >= 0.6 is 0 Å². The number of rotatable bonds is 9. The summed E-state index contributed by atoms with van der Waals surface area (Å²) in [6.45, 7) is 6.47. The number of esters is 2. The van der Waals surface area contributed by atoms with E-state index >= 15 is 0 Å². The van der Waals surface area contributed by atoms with Crippen LogP contribution in [0.25, 0.3) is 6.08 Å². The molecule has 1 aromatic carbocycles. The molecule has 1 saturated carbocycles. The van der Waals surface area contributed by atoms with Crippen molar-refractivity contribution in [2.24, 2.45) is 5.41 Å². The minimum atomic E-state index is -0.713. The smallest absolute Gasteiger partial charge is 0.345 e. The van der Waals surface area contributed by atoms with Crippen LogP contribution in [0.2, 0.25) is 0 Å². The second-order valence-electron chi connectivity index (χ2n) is 6.51. The van der Waals surface area contributed by atoms with Crippen LogP contribution in [0, 0.1) is 5.41 Å². The summed E-state index contributed by atoms with van der Waals surface area (Å²) in [5.41, 5.74) is 0.689. The zero-order valence-electron chi connectivity index (χ0n) is 15.8. The van der Waals surface area contributed by atoms with Gasteiger partial charge in [-0.1, -0.05) is 13.0 Å². The van der Waals surface area contributed by atoms with E-state index in [9.17, 15) is 9.59 Å². The summed E-state index contributed by atoms with van der Waals surface area (Å²) >= 11 is 0. The number of hydrogen-bond donors (Lipinski definition) is 0. The lowest BCUT2D eigenvalue weighted by Gasteiger charge is -2.14. The van der Waals surface area contributed by atoms with Crippen molar-refractivity contribution in [3.8, 4) is 11.5 Å². The molecule has 0 atom stereocenters. The Morgan fingerprint density at radius 3 is 2.19 bits per heavy atom. The van der Waals surface area contributed by atoms with Gasteiger partial charge in [-0.05, 0) is 50.5 Å². The lowest BCUT2D eigenvalue weighted by Crippen LogP contribution is -2.18. The van der Waals surface area contributed by atoms with Crippen molar-refractivity contribution in [1.29, 1.82) is 0 Å². The summed E-state index contributed by atoms with van der Waals surface area (Å²) < 4.78 is 21.2. The van der Waals surface area contributed by atoms with Crippen molar-refractivity contribution in [2.45, 2.75) is 33.6 Å². The highest BCUT2D eigenvalue weighted by molar-refractivity contribution is 6.17. The minimum Gasteiger partial charge on any atom is -0.493 e. The Morgan fingerprint density at radius 1 is 1.08 bits per heavy atom. The van der Waals surface area contributed by atoms with Gasteiger partial charge >= 0.3 is 11.9 Å². The van der Waals surface area contributed by atoms with Crippen molar-refractivity contribution in [3.63, 3.8) is 0 Å². The van der Waals surface area contributed by atoms with Crippen LogP contribution in [0.1, 0.15) is 39.2 Å². The van der Waals surface area contributed by atoms with Crippen LogP contribution in [0.15, 0.2) is 23.8 Å². The number of carbonyl (C=O) groups is 2. The lowest BCUT2D eigenvalue weighted by atomic mass is 10.1. The molecule has 1 aliphatic rings.